The summed E-state index contributed by atoms with van der Waals surface area (Å²) in [5.41, 5.74) is 2.69. The zero-order valence-corrected chi connectivity index (χ0v) is 11.8. The number of nitriles is 1. The van der Waals surface area contributed by atoms with Crippen LogP contribution in [-0.2, 0) is 0 Å². The SMILES string of the molecule is N#C/C(=C/C=C/c1ccccc1)c1ccc(Br)cc1. The third kappa shape index (κ3) is 3.94. The van der Waals surface area contributed by atoms with Crippen LogP contribution in [0.1, 0.15) is 11.1 Å². The van der Waals surface area contributed by atoms with Gasteiger partial charge in [-0.05, 0) is 29.3 Å². The van der Waals surface area contributed by atoms with Crippen LogP contribution in [0, 0.1) is 11.3 Å². The number of halogens is 1. The summed E-state index contributed by atoms with van der Waals surface area (Å²) in [6, 6.07) is 19.9. The van der Waals surface area contributed by atoms with Gasteiger partial charge in [0.05, 0.1) is 11.6 Å². The van der Waals surface area contributed by atoms with E-state index in [2.05, 4.69) is 22.0 Å². The fourth-order valence-corrected chi connectivity index (χ4v) is 1.91. The van der Waals surface area contributed by atoms with Crippen molar-refractivity contribution in [3.8, 4) is 6.07 Å². The molecule has 2 aromatic carbocycles. The molecule has 0 atom stereocenters. The van der Waals surface area contributed by atoms with Crippen LogP contribution < -0.4 is 0 Å². The molecule has 0 N–H and O–H groups in total. The predicted molar refractivity (Wildman–Crippen MR) is 83.2 cm³/mol. The Morgan fingerprint density at radius 3 is 2.32 bits per heavy atom. The van der Waals surface area contributed by atoms with Gasteiger partial charge in [-0.15, -0.1) is 0 Å². The lowest BCUT2D eigenvalue weighted by molar-refractivity contribution is 1.51. The van der Waals surface area contributed by atoms with Gasteiger partial charge in [0.2, 0.25) is 0 Å². The Bertz CT molecular complexity index is 631. The van der Waals surface area contributed by atoms with Gasteiger partial charge in [-0.25, -0.2) is 0 Å². The van der Waals surface area contributed by atoms with Crippen molar-refractivity contribution in [3.05, 3.63) is 82.3 Å². The van der Waals surface area contributed by atoms with Crippen LogP contribution in [-0.4, -0.2) is 0 Å². The summed E-state index contributed by atoms with van der Waals surface area (Å²) in [5, 5.41) is 9.18. The third-order valence-corrected chi connectivity index (χ3v) is 3.16. The first kappa shape index (κ1) is 13.3. The number of nitrogens with zero attached hydrogens (tertiary/aromatic N) is 1. The van der Waals surface area contributed by atoms with Crippen LogP contribution in [0.5, 0.6) is 0 Å². The van der Waals surface area contributed by atoms with Crippen molar-refractivity contribution >= 4 is 27.6 Å². The van der Waals surface area contributed by atoms with E-state index in [-0.39, 0.29) is 0 Å². The second-order valence-electron chi connectivity index (χ2n) is 3.97. The molecule has 0 saturated heterocycles. The minimum atomic E-state index is 0.652. The highest BCUT2D eigenvalue weighted by Gasteiger charge is 1.98. The fraction of sp³-hybridized carbons (Fsp3) is 0. The average molecular weight is 310 g/mol. The molecule has 0 unspecified atom stereocenters. The fourth-order valence-electron chi connectivity index (χ4n) is 1.65. The maximum atomic E-state index is 9.18. The van der Waals surface area contributed by atoms with Gasteiger partial charge in [-0.3, -0.25) is 0 Å². The van der Waals surface area contributed by atoms with Gasteiger partial charge in [-0.2, -0.15) is 5.26 Å². The van der Waals surface area contributed by atoms with E-state index in [9.17, 15) is 5.26 Å². The average Bonchev–Trinajstić information content (AvgIpc) is 2.46. The zero-order valence-electron chi connectivity index (χ0n) is 10.3. The Morgan fingerprint density at radius 1 is 1.00 bits per heavy atom. The molecule has 0 aliphatic heterocycles. The molecule has 2 heteroatoms. The van der Waals surface area contributed by atoms with Crippen molar-refractivity contribution in [2.75, 3.05) is 0 Å². The van der Waals surface area contributed by atoms with Gasteiger partial charge in [0.1, 0.15) is 0 Å². The normalized spacial score (nSPS) is 11.5. The summed E-state index contributed by atoms with van der Waals surface area (Å²) >= 11 is 3.38. The highest BCUT2D eigenvalue weighted by atomic mass is 79.9. The number of hydrogen-bond donors (Lipinski definition) is 0. The predicted octanol–water partition coefficient (Wildman–Crippen LogP) is 5.07. The van der Waals surface area contributed by atoms with Crippen LogP contribution >= 0.6 is 15.9 Å². The van der Waals surface area contributed by atoms with Crippen LogP contribution in [0.15, 0.2) is 71.2 Å². The molecule has 1 nitrogen and oxygen atoms in total. The molecular weight excluding hydrogens is 298 g/mol. The molecule has 0 aliphatic rings. The summed E-state index contributed by atoms with van der Waals surface area (Å²) in [6.07, 6.45) is 5.71. The summed E-state index contributed by atoms with van der Waals surface area (Å²) in [4.78, 5) is 0. The summed E-state index contributed by atoms with van der Waals surface area (Å²) in [5.74, 6) is 0. The van der Waals surface area contributed by atoms with E-state index < -0.39 is 0 Å². The van der Waals surface area contributed by atoms with Gasteiger partial charge in [0.15, 0.2) is 0 Å². The second-order valence-corrected chi connectivity index (χ2v) is 4.88. The maximum absolute atomic E-state index is 9.18. The largest absolute Gasteiger partial charge is 0.192 e. The van der Waals surface area contributed by atoms with Crippen molar-refractivity contribution in [2.24, 2.45) is 0 Å². The van der Waals surface area contributed by atoms with Crippen LogP contribution in [0.4, 0.5) is 0 Å². The van der Waals surface area contributed by atoms with Crippen molar-refractivity contribution in [2.45, 2.75) is 0 Å². The highest BCUT2D eigenvalue weighted by molar-refractivity contribution is 9.10. The minimum Gasteiger partial charge on any atom is -0.192 e. The van der Waals surface area contributed by atoms with Gasteiger partial charge < -0.3 is 0 Å². The number of rotatable bonds is 3. The van der Waals surface area contributed by atoms with E-state index in [0.29, 0.717) is 5.57 Å². The first-order valence-electron chi connectivity index (χ1n) is 5.89. The summed E-state index contributed by atoms with van der Waals surface area (Å²) in [6.45, 7) is 0. The molecule has 0 radical (unpaired) electrons. The molecule has 0 fully saturated rings. The van der Waals surface area contributed by atoms with E-state index in [0.717, 1.165) is 15.6 Å². The molecule has 92 valence electrons. The lowest BCUT2D eigenvalue weighted by atomic mass is 10.1. The molecule has 0 aliphatic carbocycles. The molecule has 19 heavy (non-hydrogen) atoms. The Balaban J connectivity index is 2.19. The van der Waals surface area contributed by atoms with E-state index in [1.54, 1.807) is 0 Å². The van der Waals surface area contributed by atoms with Gasteiger partial charge in [0, 0.05) is 4.47 Å². The first-order valence-corrected chi connectivity index (χ1v) is 6.68. The Morgan fingerprint density at radius 2 is 1.68 bits per heavy atom. The quantitative estimate of drug-likeness (QED) is 0.573. The van der Waals surface area contributed by atoms with Gasteiger partial charge >= 0.3 is 0 Å². The van der Waals surface area contributed by atoms with E-state index in [1.807, 2.05) is 72.8 Å². The molecule has 0 saturated carbocycles. The molecule has 2 rings (SSSR count). The number of allylic oxidation sites excluding steroid dienone is 3. The summed E-state index contributed by atoms with van der Waals surface area (Å²) < 4.78 is 1.01. The van der Waals surface area contributed by atoms with Crippen LogP contribution in [0.25, 0.3) is 11.6 Å². The third-order valence-electron chi connectivity index (χ3n) is 2.63. The van der Waals surface area contributed by atoms with Crippen LogP contribution in [0.3, 0.4) is 0 Å². The lowest BCUT2D eigenvalue weighted by Gasteiger charge is -1.97. The van der Waals surface area contributed by atoms with Crippen molar-refractivity contribution in [1.82, 2.24) is 0 Å². The minimum absolute atomic E-state index is 0.652. The van der Waals surface area contributed by atoms with Gasteiger partial charge in [0.25, 0.3) is 0 Å². The number of benzene rings is 2. The van der Waals surface area contributed by atoms with E-state index >= 15 is 0 Å². The molecule has 0 aromatic heterocycles. The van der Waals surface area contributed by atoms with Crippen molar-refractivity contribution in [3.63, 3.8) is 0 Å². The molecule has 0 amide bonds. The summed E-state index contributed by atoms with van der Waals surface area (Å²) in [7, 11) is 0. The standard InChI is InChI=1S/C17H12BrN/c18-17-11-9-15(10-12-17)16(13-19)8-4-7-14-5-2-1-3-6-14/h1-12H/b7-4+,16-8-. The highest BCUT2D eigenvalue weighted by Crippen LogP contribution is 2.17. The van der Waals surface area contributed by atoms with Crippen molar-refractivity contribution < 1.29 is 0 Å². The Kier molecular flexibility index (Phi) is 4.72. The maximum Gasteiger partial charge on any atom is 0.0997 e. The molecule has 0 heterocycles. The molecule has 2 aromatic rings. The monoisotopic (exact) mass is 309 g/mol. The Hall–Kier alpha value is -2.11. The van der Waals surface area contributed by atoms with Gasteiger partial charge in [-0.1, -0.05) is 70.5 Å². The molecule has 0 bridgehead atoms. The topological polar surface area (TPSA) is 23.8 Å². The number of hydrogen-bond acceptors (Lipinski definition) is 1. The second kappa shape index (κ2) is 6.72. The Labute approximate surface area is 121 Å². The first-order chi connectivity index (χ1) is 9.29. The van der Waals surface area contributed by atoms with E-state index in [1.165, 1.54) is 0 Å². The van der Waals surface area contributed by atoms with Crippen molar-refractivity contribution in [1.29, 1.82) is 5.26 Å². The van der Waals surface area contributed by atoms with Crippen LogP contribution in [0.2, 0.25) is 0 Å². The lowest BCUT2D eigenvalue weighted by Crippen LogP contribution is -1.79. The smallest absolute Gasteiger partial charge is 0.0997 e. The van der Waals surface area contributed by atoms with E-state index in [4.69, 9.17) is 0 Å². The molecular formula is C17H12BrN. The zero-order chi connectivity index (χ0) is 13.5. The molecule has 0 spiro atoms.